The maximum atomic E-state index is 12.7. The predicted molar refractivity (Wildman–Crippen MR) is 74.0 cm³/mol. The molecule has 0 aromatic heterocycles. The summed E-state index contributed by atoms with van der Waals surface area (Å²) >= 11 is 1.68. The summed E-state index contributed by atoms with van der Waals surface area (Å²) in [5.41, 5.74) is 1.26. The normalized spacial score (nSPS) is 11.5. The van der Waals surface area contributed by atoms with Crippen molar-refractivity contribution >= 4 is 11.8 Å². The molecule has 0 spiro atoms. The zero-order valence-electron chi connectivity index (χ0n) is 10.7. The number of thioether (sulfide) groups is 1. The van der Waals surface area contributed by atoms with Gasteiger partial charge in [0.05, 0.1) is 0 Å². The third-order valence-corrected chi connectivity index (χ3v) is 3.28. The van der Waals surface area contributed by atoms with Crippen molar-refractivity contribution in [2.75, 3.05) is 12.3 Å². The van der Waals surface area contributed by atoms with Crippen molar-refractivity contribution < 1.29 is 4.39 Å². The quantitative estimate of drug-likeness (QED) is 0.631. The first-order valence-corrected chi connectivity index (χ1v) is 6.65. The molecular formula is C14H20FNS. The van der Waals surface area contributed by atoms with E-state index in [1.165, 1.54) is 12.1 Å². The van der Waals surface area contributed by atoms with Crippen LogP contribution in [0.5, 0.6) is 0 Å². The van der Waals surface area contributed by atoms with Gasteiger partial charge in [-0.3, -0.25) is 0 Å². The number of benzene rings is 1. The lowest BCUT2D eigenvalue weighted by Crippen LogP contribution is -2.37. The van der Waals surface area contributed by atoms with Gasteiger partial charge in [0.2, 0.25) is 0 Å². The Morgan fingerprint density at radius 1 is 1.29 bits per heavy atom. The molecule has 0 saturated carbocycles. The maximum Gasteiger partial charge on any atom is 0.123 e. The topological polar surface area (TPSA) is 12.0 Å². The molecule has 17 heavy (non-hydrogen) atoms. The molecule has 0 aliphatic carbocycles. The van der Waals surface area contributed by atoms with Gasteiger partial charge < -0.3 is 5.32 Å². The number of nitrogens with one attached hydrogen (secondary N) is 1. The molecule has 0 unspecified atom stereocenters. The van der Waals surface area contributed by atoms with Crippen LogP contribution in [-0.2, 0) is 0 Å². The van der Waals surface area contributed by atoms with Gasteiger partial charge in [-0.1, -0.05) is 12.2 Å². The molecule has 3 heteroatoms. The van der Waals surface area contributed by atoms with Crippen LogP contribution < -0.4 is 5.32 Å². The minimum atomic E-state index is -0.192. The molecule has 0 saturated heterocycles. The summed E-state index contributed by atoms with van der Waals surface area (Å²) in [5, 5.41) is 3.39. The highest BCUT2D eigenvalue weighted by Crippen LogP contribution is 2.20. The van der Waals surface area contributed by atoms with Gasteiger partial charge in [-0.05, 0) is 45.0 Å². The summed E-state index contributed by atoms with van der Waals surface area (Å²) in [4.78, 5) is 1.07. The number of hydrogen-bond donors (Lipinski definition) is 1. The lowest BCUT2D eigenvalue weighted by molar-refractivity contribution is 0.445. The predicted octanol–water partition coefficient (Wildman–Crippen LogP) is 3.86. The molecule has 0 atom stereocenters. The van der Waals surface area contributed by atoms with Crippen molar-refractivity contribution in [3.05, 3.63) is 42.2 Å². The Morgan fingerprint density at radius 3 is 2.41 bits per heavy atom. The van der Waals surface area contributed by atoms with E-state index in [-0.39, 0.29) is 11.4 Å². The molecule has 0 heterocycles. The second kappa shape index (κ2) is 6.22. The molecule has 94 valence electrons. The van der Waals surface area contributed by atoms with Gasteiger partial charge in [-0.15, -0.1) is 11.8 Å². The Balaban J connectivity index is 2.31. The average Bonchev–Trinajstić information content (AvgIpc) is 2.25. The summed E-state index contributed by atoms with van der Waals surface area (Å²) in [6, 6.07) is 6.56. The minimum Gasteiger partial charge on any atom is -0.308 e. The van der Waals surface area contributed by atoms with E-state index in [2.05, 4.69) is 32.7 Å². The van der Waals surface area contributed by atoms with E-state index in [0.717, 1.165) is 22.8 Å². The fourth-order valence-electron chi connectivity index (χ4n) is 1.16. The second-order valence-electron chi connectivity index (χ2n) is 5.10. The maximum absolute atomic E-state index is 12.7. The Kier molecular flexibility index (Phi) is 5.22. The summed E-state index contributed by atoms with van der Waals surface area (Å²) < 4.78 is 12.7. The van der Waals surface area contributed by atoms with E-state index in [1.807, 2.05) is 0 Å². The standard InChI is InChI=1S/C14H20FNS/c1-11(9-16-14(2,3)4)10-17-13-7-5-12(15)6-8-13/h5-8,16H,1,9-10H2,2-4H3. The molecule has 1 aromatic carbocycles. The smallest absolute Gasteiger partial charge is 0.123 e. The average molecular weight is 253 g/mol. The van der Waals surface area contributed by atoms with Crippen LogP contribution in [0.25, 0.3) is 0 Å². The van der Waals surface area contributed by atoms with E-state index in [0.29, 0.717) is 0 Å². The van der Waals surface area contributed by atoms with Crippen molar-refractivity contribution in [2.24, 2.45) is 0 Å². The molecule has 1 nitrogen and oxygen atoms in total. The minimum absolute atomic E-state index is 0.115. The Labute approximate surface area is 107 Å². The first kappa shape index (κ1) is 14.3. The third kappa shape index (κ3) is 6.49. The highest BCUT2D eigenvalue weighted by atomic mass is 32.2. The van der Waals surface area contributed by atoms with Crippen LogP contribution in [0.2, 0.25) is 0 Å². The molecule has 0 fully saturated rings. The fraction of sp³-hybridized carbons (Fsp3) is 0.429. The molecule has 0 bridgehead atoms. The molecule has 1 aromatic rings. The van der Waals surface area contributed by atoms with Gasteiger partial charge in [0.1, 0.15) is 5.82 Å². The fourth-order valence-corrected chi connectivity index (χ4v) is 1.96. The lowest BCUT2D eigenvalue weighted by atomic mass is 10.1. The third-order valence-electron chi connectivity index (χ3n) is 2.13. The van der Waals surface area contributed by atoms with Gasteiger partial charge in [-0.25, -0.2) is 4.39 Å². The summed E-state index contributed by atoms with van der Waals surface area (Å²) in [5.74, 6) is 0.664. The highest BCUT2D eigenvalue weighted by molar-refractivity contribution is 7.99. The number of hydrogen-bond acceptors (Lipinski definition) is 2. The van der Waals surface area contributed by atoms with E-state index >= 15 is 0 Å². The SMILES string of the molecule is C=C(CNC(C)(C)C)CSc1ccc(F)cc1. The van der Waals surface area contributed by atoms with Gasteiger partial charge in [-0.2, -0.15) is 0 Å². The zero-order valence-corrected chi connectivity index (χ0v) is 11.5. The Morgan fingerprint density at radius 2 is 1.88 bits per heavy atom. The van der Waals surface area contributed by atoms with Crippen LogP contribution in [0, 0.1) is 5.82 Å². The second-order valence-corrected chi connectivity index (χ2v) is 6.14. The van der Waals surface area contributed by atoms with Crippen LogP contribution in [0.15, 0.2) is 41.3 Å². The summed E-state index contributed by atoms with van der Waals surface area (Å²) in [6.45, 7) is 11.2. The van der Waals surface area contributed by atoms with Crippen molar-refractivity contribution in [1.29, 1.82) is 0 Å². The van der Waals surface area contributed by atoms with Crippen LogP contribution in [0.4, 0.5) is 4.39 Å². The van der Waals surface area contributed by atoms with Crippen molar-refractivity contribution in [3.63, 3.8) is 0 Å². The van der Waals surface area contributed by atoms with Crippen LogP contribution in [0.3, 0.4) is 0 Å². The molecule has 1 rings (SSSR count). The van der Waals surface area contributed by atoms with E-state index in [1.54, 1.807) is 23.9 Å². The van der Waals surface area contributed by atoms with Crippen molar-refractivity contribution in [2.45, 2.75) is 31.2 Å². The molecule has 0 aliphatic heterocycles. The van der Waals surface area contributed by atoms with Gasteiger partial charge >= 0.3 is 0 Å². The van der Waals surface area contributed by atoms with Crippen molar-refractivity contribution in [1.82, 2.24) is 5.32 Å². The zero-order chi connectivity index (χ0) is 12.9. The van der Waals surface area contributed by atoms with Crippen LogP contribution in [0.1, 0.15) is 20.8 Å². The molecule has 0 amide bonds. The number of halogens is 1. The number of rotatable bonds is 5. The summed E-state index contributed by atoms with van der Waals surface area (Å²) in [6.07, 6.45) is 0. The Bertz CT molecular complexity index is 365. The summed E-state index contributed by atoms with van der Waals surface area (Å²) in [7, 11) is 0. The largest absolute Gasteiger partial charge is 0.308 e. The van der Waals surface area contributed by atoms with Gasteiger partial charge in [0.15, 0.2) is 0 Å². The van der Waals surface area contributed by atoms with Crippen LogP contribution in [-0.4, -0.2) is 17.8 Å². The lowest BCUT2D eigenvalue weighted by Gasteiger charge is -2.21. The van der Waals surface area contributed by atoms with Gasteiger partial charge in [0.25, 0.3) is 0 Å². The Hall–Kier alpha value is -0.800. The first-order chi connectivity index (χ1) is 7.87. The van der Waals surface area contributed by atoms with E-state index in [9.17, 15) is 4.39 Å². The molecular weight excluding hydrogens is 233 g/mol. The van der Waals surface area contributed by atoms with Crippen molar-refractivity contribution in [3.8, 4) is 0 Å². The van der Waals surface area contributed by atoms with E-state index < -0.39 is 0 Å². The monoisotopic (exact) mass is 253 g/mol. The van der Waals surface area contributed by atoms with Crippen LogP contribution >= 0.6 is 11.8 Å². The molecule has 0 aliphatic rings. The molecule has 0 radical (unpaired) electrons. The van der Waals surface area contributed by atoms with E-state index in [4.69, 9.17) is 0 Å². The van der Waals surface area contributed by atoms with Gasteiger partial charge in [0, 0.05) is 22.7 Å². The highest BCUT2D eigenvalue weighted by Gasteiger charge is 2.08. The molecule has 1 N–H and O–H groups in total. The first-order valence-electron chi connectivity index (χ1n) is 5.67.